The minimum absolute atomic E-state index is 0.117. The Hall–Kier alpha value is -2.86. The Bertz CT molecular complexity index is 952. The highest BCUT2D eigenvalue weighted by atomic mass is 16.3. The van der Waals surface area contributed by atoms with Gasteiger partial charge in [0.05, 0.1) is 17.1 Å². The first-order valence-corrected chi connectivity index (χ1v) is 9.10. The van der Waals surface area contributed by atoms with Crippen LogP contribution < -0.4 is 10.6 Å². The van der Waals surface area contributed by atoms with Gasteiger partial charge in [-0.05, 0) is 51.0 Å². The molecule has 1 aromatic heterocycles. The third-order valence-electron chi connectivity index (χ3n) is 4.45. The van der Waals surface area contributed by atoms with Crippen molar-refractivity contribution in [2.24, 2.45) is 0 Å². The van der Waals surface area contributed by atoms with E-state index in [9.17, 15) is 9.90 Å². The number of carbonyl (C=O) groups excluding carboxylic acids is 1. The smallest absolute Gasteiger partial charge is 0.244 e. The van der Waals surface area contributed by atoms with Crippen LogP contribution in [0.1, 0.15) is 23.6 Å². The van der Waals surface area contributed by atoms with E-state index in [4.69, 9.17) is 0 Å². The number of carbonyl (C=O) groups is 1. The third-order valence-corrected chi connectivity index (χ3v) is 4.45. The molecule has 0 spiro atoms. The van der Waals surface area contributed by atoms with Gasteiger partial charge in [0.25, 0.3) is 0 Å². The van der Waals surface area contributed by atoms with Crippen LogP contribution in [0, 0.1) is 20.8 Å². The Labute approximate surface area is 159 Å². The lowest BCUT2D eigenvalue weighted by atomic mass is 10.1. The molecular formula is C21H26N4O2. The maximum absolute atomic E-state index is 12.8. The van der Waals surface area contributed by atoms with Gasteiger partial charge in [-0.2, -0.15) is 0 Å². The number of hydrogen-bond donors (Lipinski definition) is 3. The molecule has 3 N–H and O–H groups in total. The molecule has 6 heteroatoms. The number of hydrogen-bond acceptors (Lipinski definition) is 4. The maximum Gasteiger partial charge on any atom is 0.244 e. The second kappa shape index (κ2) is 7.80. The number of amides is 1. The van der Waals surface area contributed by atoms with Gasteiger partial charge in [-0.25, -0.2) is 4.98 Å². The van der Waals surface area contributed by atoms with Crippen molar-refractivity contribution in [3.63, 3.8) is 0 Å². The van der Waals surface area contributed by atoms with E-state index in [0.717, 1.165) is 27.8 Å². The number of imidazole rings is 1. The molecule has 1 amide bonds. The summed E-state index contributed by atoms with van der Waals surface area (Å²) in [6, 6.07) is 11.8. The molecule has 0 aliphatic rings. The molecule has 3 aromatic rings. The Morgan fingerprint density at radius 3 is 2.52 bits per heavy atom. The zero-order valence-electron chi connectivity index (χ0n) is 16.2. The Morgan fingerprint density at radius 2 is 1.85 bits per heavy atom. The Morgan fingerprint density at radius 1 is 1.19 bits per heavy atom. The van der Waals surface area contributed by atoms with Crippen LogP contribution in [0.15, 0.2) is 36.4 Å². The summed E-state index contributed by atoms with van der Waals surface area (Å²) in [5.74, 6) is 0.456. The minimum atomic E-state index is -0.509. The van der Waals surface area contributed by atoms with Gasteiger partial charge >= 0.3 is 0 Å². The van der Waals surface area contributed by atoms with Crippen LogP contribution in [-0.2, 0) is 11.3 Å². The van der Waals surface area contributed by atoms with Gasteiger partial charge in [0, 0.05) is 12.2 Å². The fraction of sp³-hybridized carbons (Fsp3) is 0.333. The Kier molecular flexibility index (Phi) is 5.46. The summed E-state index contributed by atoms with van der Waals surface area (Å²) in [5, 5.41) is 15.7. The summed E-state index contributed by atoms with van der Waals surface area (Å²) in [6.07, 6.45) is -0.509. The molecule has 3 rings (SSSR count). The number of nitrogens with zero attached hydrogens (tertiary/aromatic N) is 2. The van der Waals surface area contributed by atoms with Crippen molar-refractivity contribution in [3.8, 4) is 0 Å². The number of rotatable bonds is 6. The van der Waals surface area contributed by atoms with Crippen molar-refractivity contribution in [2.75, 3.05) is 17.2 Å². The molecule has 6 nitrogen and oxygen atoms in total. The molecular weight excluding hydrogens is 340 g/mol. The predicted molar refractivity (Wildman–Crippen MR) is 109 cm³/mol. The van der Waals surface area contributed by atoms with Crippen LogP contribution in [0.5, 0.6) is 0 Å². The standard InChI is InChI=1S/C21H26N4O2/c1-13-9-14(2)20(15(3)10-13)24-19(27)12-25-18-8-6-5-7-17(18)23-21(25)22-11-16(4)26/h5-10,16,26H,11-12H2,1-4H3,(H,22,23)(H,24,27)/t16-/m1/s1. The lowest BCUT2D eigenvalue weighted by Crippen LogP contribution is -2.23. The second-order valence-corrected chi connectivity index (χ2v) is 7.06. The van der Waals surface area contributed by atoms with Crippen LogP contribution in [-0.4, -0.2) is 33.2 Å². The molecule has 0 fully saturated rings. The normalized spacial score (nSPS) is 12.2. The van der Waals surface area contributed by atoms with E-state index in [-0.39, 0.29) is 12.5 Å². The maximum atomic E-state index is 12.8. The summed E-state index contributed by atoms with van der Waals surface area (Å²) < 4.78 is 1.84. The number of fused-ring (bicyclic) bond motifs is 1. The van der Waals surface area contributed by atoms with Gasteiger partial charge in [0.15, 0.2) is 0 Å². The van der Waals surface area contributed by atoms with E-state index in [1.165, 1.54) is 5.56 Å². The van der Waals surface area contributed by atoms with Crippen molar-refractivity contribution < 1.29 is 9.90 Å². The molecule has 0 unspecified atom stereocenters. The lowest BCUT2D eigenvalue weighted by Gasteiger charge is -2.15. The number of nitrogens with one attached hydrogen (secondary N) is 2. The van der Waals surface area contributed by atoms with Gasteiger partial charge < -0.3 is 20.3 Å². The zero-order valence-corrected chi connectivity index (χ0v) is 16.2. The van der Waals surface area contributed by atoms with Gasteiger partial charge in [-0.1, -0.05) is 29.8 Å². The monoisotopic (exact) mass is 366 g/mol. The number of anilines is 2. The van der Waals surface area contributed by atoms with E-state index in [0.29, 0.717) is 12.5 Å². The average Bonchev–Trinajstić information content (AvgIpc) is 2.94. The molecule has 2 aromatic carbocycles. The summed E-state index contributed by atoms with van der Waals surface area (Å²) in [6.45, 7) is 8.24. The lowest BCUT2D eigenvalue weighted by molar-refractivity contribution is -0.116. The van der Waals surface area contributed by atoms with Crippen LogP contribution in [0.3, 0.4) is 0 Å². The van der Waals surface area contributed by atoms with Gasteiger partial charge in [-0.3, -0.25) is 4.79 Å². The molecule has 1 atom stereocenters. The number of benzene rings is 2. The van der Waals surface area contributed by atoms with Crippen molar-refractivity contribution in [2.45, 2.75) is 40.3 Å². The molecule has 0 aliphatic carbocycles. The first-order valence-electron chi connectivity index (χ1n) is 9.10. The third kappa shape index (κ3) is 4.28. The van der Waals surface area contributed by atoms with Crippen molar-refractivity contribution >= 4 is 28.6 Å². The van der Waals surface area contributed by atoms with E-state index < -0.39 is 6.10 Å². The van der Waals surface area contributed by atoms with Crippen LogP contribution in [0.2, 0.25) is 0 Å². The zero-order chi connectivity index (χ0) is 19.6. The van der Waals surface area contributed by atoms with Gasteiger partial charge in [0.1, 0.15) is 6.54 Å². The molecule has 142 valence electrons. The first-order chi connectivity index (χ1) is 12.8. The minimum Gasteiger partial charge on any atom is -0.392 e. The van der Waals surface area contributed by atoms with Gasteiger partial charge in [-0.15, -0.1) is 0 Å². The van der Waals surface area contributed by atoms with E-state index in [1.807, 2.05) is 49.6 Å². The Balaban J connectivity index is 1.87. The predicted octanol–water partition coefficient (Wildman–Crippen LogP) is 3.39. The SMILES string of the molecule is Cc1cc(C)c(NC(=O)Cn2c(NC[C@@H](C)O)nc3ccccc32)c(C)c1. The average molecular weight is 366 g/mol. The molecule has 0 saturated heterocycles. The van der Waals surface area contributed by atoms with Crippen molar-refractivity contribution in [3.05, 3.63) is 53.1 Å². The number of aliphatic hydroxyl groups is 1. The number of para-hydroxylation sites is 2. The number of aryl methyl sites for hydroxylation is 3. The van der Waals surface area contributed by atoms with Crippen LogP contribution >= 0.6 is 0 Å². The first kappa shape index (κ1) is 18.9. The summed E-state index contributed by atoms with van der Waals surface area (Å²) in [5.41, 5.74) is 5.80. The van der Waals surface area contributed by atoms with Crippen molar-refractivity contribution in [1.29, 1.82) is 0 Å². The highest BCUT2D eigenvalue weighted by Gasteiger charge is 2.15. The molecule has 0 aliphatic heterocycles. The van der Waals surface area contributed by atoms with E-state index in [1.54, 1.807) is 6.92 Å². The van der Waals surface area contributed by atoms with Crippen LogP contribution in [0.4, 0.5) is 11.6 Å². The van der Waals surface area contributed by atoms with Crippen molar-refractivity contribution in [1.82, 2.24) is 9.55 Å². The summed E-state index contributed by atoms with van der Waals surface area (Å²) in [7, 11) is 0. The largest absolute Gasteiger partial charge is 0.392 e. The highest BCUT2D eigenvalue weighted by Crippen LogP contribution is 2.23. The van der Waals surface area contributed by atoms with E-state index in [2.05, 4.69) is 27.8 Å². The molecule has 0 bridgehead atoms. The molecule has 27 heavy (non-hydrogen) atoms. The van der Waals surface area contributed by atoms with E-state index >= 15 is 0 Å². The number of aromatic nitrogens is 2. The quantitative estimate of drug-likeness (QED) is 0.625. The molecule has 0 radical (unpaired) electrons. The molecule has 0 saturated carbocycles. The summed E-state index contributed by atoms with van der Waals surface area (Å²) >= 11 is 0. The van der Waals surface area contributed by atoms with Gasteiger partial charge in [0.2, 0.25) is 11.9 Å². The topological polar surface area (TPSA) is 79.2 Å². The summed E-state index contributed by atoms with van der Waals surface area (Å²) in [4.78, 5) is 17.3. The fourth-order valence-corrected chi connectivity index (χ4v) is 3.31. The number of aliphatic hydroxyl groups excluding tert-OH is 1. The van der Waals surface area contributed by atoms with Crippen LogP contribution in [0.25, 0.3) is 11.0 Å². The second-order valence-electron chi connectivity index (χ2n) is 7.06. The fourth-order valence-electron chi connectivity index (χ4n) is 3.31. The highest BCUT2D eigenvalue weighted by molar-refractivity contribution is 5.93. The molecule has 1 heterocycles.